The van der Waals surface area contributed by atoms with E-state index >= 15 is 0 Å². The second-order valence-electron chi connectivity index (χ2n) is 2.37. The van der Waals surface area contributed by atoms with Crippen molar-refractivity contribution < 1.29 is 9.63 Å². The molecule has 1 rings (SSSR count). The molecule has 4 heteroatoms. The van der Waals surface area contributed by atoms with Crippen molar-refractivity contribution in [1.82, 2.24) is 5.48 Å². The first-order valence-electron chi connectivity index (χ1n) is 3.91. The van der Waals surface area contributed by atoms with Gasteiger partial charge in [0.15, 0.2) is 0 Å². The highest BCUT2D eigenvalue weighted by Gasteiger charge is 2.03. The number of hydrogen-bond donors (Lipinski definition) is 1. The number of carbonyl (C=O) groups is 1. The zero-order valence-corrected chi connectivity index (χ0v) is 7.97. The minimum atomic E-state index is -0.265. The molecule has 3 nitrogen and oxygen atoms in total. The van der Waals surface area contributed by atoms with Gasteiger partial charge in [-0.05, 0) is 31.2 Å². The third-order valence-electron chi connectivity index (χ3n) is 1.42. The van der Waals surface area contributed by atoms with Crippen LogP contribution in [-0.2, 0) is 4.84 Å². The smallest absolute Gasteiger partial charge is 0.274 e. The predicted molar refractivity (Wildman–Crippen MR) is 50.5 cm³/mol. The Morgan fingerprint density at radius 3 is 2.62 bits per heavy atom. The summed E-state index contributed by atoms with van der Waals surface area (Å²) in [5.41, 5.74) is 2.81. The highest BCUT2D eigenvalue weighted by Crippen LogP contribution is 2.09. The number of carbonyl (C=O) groups excluding carboxylic acids is 1. The number of rotatable bonds is 3. The van der Waals surface area contributed by atoms with Crippen LogP contribution in [-0.4, -0.2) is 12.5 Å². The number of nitrogens with one attached hydrogen (secondary N) is 1. The Morgan fingerprint density at radius 2 is 2.08 bits per heavy atom. The number of halogens is 1. The Balaban J connectivity index is 2.61. The maximum absolute atomic E-state index is 11.2. The molecular weight excluding hydrogens is 190 g/mol. The van der Waals surface area contributed by atoms with Crippen molar-refractivity contribution in [2.24, 2.45) is 0 Å². The van der Waals surface area contributed by atoms with Crippen LogP contribution in [0.25, 0.3) is 0 Å². The summed E-state index contributed by atoms with van der Waals surface area (Å²) in [7, 11) is 0. The summed E-state index contributed by atoms with van der Waals surface area (Å²) >= 11 is 5.66. The van der Waals surface area contributed by atoms with Crippen molar-refractivity contribution in [1.29, 1.82) is 0 Å². The van der Waals surface area contributed by atoms with Crippen LogP contribution in [0.5, 0.6) is 0 Å². The van der Waals surface area contributed by atoms with Gasteiger partial charge in [-0.3, -0.25) is 9.63 Å². The molecule has 0 radical (unpaired) electrons. The van der Waals surface area contributed by atoms with Crippen LogP contribution in [0.2, 0.25) is 5.02 Å². The highest BCUT2D eigenvalue weighted by atomic mass is 35.5. The van der Waals surface area contributed by atoms with E-state index in [-0.39, 0.29) is 5.91 Å². The summed E-state index contributed by atoms with van der Waals surface area (Å²) in [6, 6.07) is 6.58. The third kappa shape index (κ3) is 3.05. The number of benzene rings is 1. The zero-order valence-electron chi connectivity index (χ0n) is 7.21. The van der Waals surface area contributed by atoms with Gasteiger partial charge in [0.1, 0.15) is 0 Å². The molecular formula is C9H10ClNO2. The molecule has 1 N–H and O–H groups in total. The van der Waals surface area contributed by atoms with Crippen molar-refractivity contribution in [3.63, 3.8) is 0 Å². The lowest BCUT2D eigenvalue weighted by atomic mass is 10.2. The first-order chi connectivity index (χ1) is 6.24. The second-order valence-corrected chi connectivity index (χ2v) is 2.81. The van der Waals surface area contributed by atoms with Gasteiger partial charge in [0, 0.05) is 10.6 Å². The van der Waals surface area contributed by atoms with Gasteiger partial charge in [-0.25, -0.2) is 5.48 Å². The molecule has 0 aliphatic carbocycles. The molecule has 70 valence electrons. The third-order valence-corrected chi connectivity index (χ3v) is 1.67. The Hall–Kier alpha value is -1.06. The fraction of sp³-hybridized carbons (Fsp3) is 0.222. The van der Waals surface area contributed by atoms with E-state index in [2.05, 4.69) is 5.48 Å². The van der Waals surface area contributed by atoms with E-state index in [0.29, 0.717) is 17.2 Å². The van der Waals surface area contributed by atoms with Crippen molar-refractivity contribution in [2.45, 2.75) is 6.92 Å². The van der Waals surface area contributed by atoms with Gasteiger partial charge in [0.25, 0.3) is 5.91 Å². The molecule has 0 saturated heterocycles. The predicted octanol–water partition coefficient (Wildman–Crippen LogP) is 2.02. The van der Waals surface area contributed by atoms with Crippen LogP contribution >= 0.6 is 11.6 Å². The van der Waals surface area contributed by atoms with Gasteiger partial charge in [0.2, 0.25) is 0 Å². The molecule has 0 heterocycles. The van der Waals surface area contributed by atoms with E-state index in [1.54, 1.807) is 31.2 Å². The summed E-state index contributed by atoms with van der Waals surface area (Å²) in [6.45, 7) is 2.24. The summed E-state index contributed by atoms with van der Waals surface area (Å²) < 4.78 is 0. The van der Waals surface area contributed by atoms with Crippen LogP contribution in [0.3, 0.4) is 0 Å². The number of hydroxylamine groups is 1. The summed E-state index contributed by atoms with van der Waals surface area (Å²) in [5.74, 6) is -0.265. The van der Waals surface area contributed by atoms with Gasteiger partial charge < -0.3 is 0 Å². The number of amides is 1. The lowest BCUT2D eigenvalue weighted by molar-refractivity contribution is 0.0364. The normalized spacial score (nSPS) is 9.69. The van der Waals surface area contributed by atoms with Crippen LogP contribution in [0.4, 0.5) is 0 Å². The largest absolute Gasteiger partial charge is 0.274 e. The molecule has 0 spiro atoms. The summed E-state index contributed by atoms with van der Waals surface area (Å²) in [5, 5.41) is 0.605. The van der Waals surface area contributed by atoms with E-state index in [0.717, 1.165) is 0 Å². The average molecular weight is 200 g/mol. The van der Waals surface area contributed by atoms with Gasteiger partial charge >= 0.3 is 0 Å². The van der Waals surface area contributed by atoms with E-state index in [9.17, 15) is 4.79 Å². The van der Waals surface area contributed by atoms with Crippen molar-refractivity contribution in [3.05, 3.63) is 34.9 Å². The molecule has 1 aromatic rings. The number of hydrogen-bond acceptors (Lipinski definition) is 2. The topological polar surface area (TPSA) is 38.3 Å². The Morgan fingerprint density at radius 1 is 1.46 bits per heavy atom. The molecule has 1 amide bonds. The maximum atomic E-state index is 11.2. The van der Waals surface area contributed by atoms with E-state index in [4.69, 9.17) is 16.4 Å². The van der Waals surface area contributed by atoms with Crippen molar-refractivity contribution in [2.75, 3.05) is 6.61 Å². The van der Waals surface area contributed by atoms with Crippen molar-refractivity contribution in [3.8, 4) is 0 Å². The first-order valence-corrected chi connectivity index (χ1v) is 4.29. The maximum Gasteiger partial charge on any atom is 0.274 e. The molecule has 13 heavy (non-hydrogen) atoms. The highest BCUT2D eigenvalue weighted by molar-refractivity contribution is 6.30. The summed E-state index contributed by atoms with van der Waals surface area (Å²) in [6.07, 6.45) is 0. The minimum absolute atomic E-state index is 0.265. The van der Waals surface area contributed by atoms with Gasteiger partial charge in [-0.1, -0.05) is 11.6 Å². The molecule has 0 bridgehead atoms. The molecule has 0 aliphatic heterocycles. The van der Waals surface area contributed by atoms with E-state index < -0.39 is 0 Å². The van der Waals surface area contributed by atoms with Gasteiger partial charge in [-0.2, -0.15) is 0 Å². The first kappa shape index (κ1) is 10.0. The zero-order chi connectivity index (χ0) is 9.68. The van der Waals surface area contributed by atoms with Crippen LogP contribution in [0.1, 0.15) is 17.3 Å². The SMILES string of the molecule is CCONC(=O)c1ccc(Cl)cc1. The van der Waals surface area contributed by atoms with Crippen molar-refractivity contribution >= 4 is 17.5 Å². The molecule has 0 fully saturated rings. The van der Waals surface area contributed by atoms with Gasteiger partial charge in [-0.15, -0.1) is 0 Å². The molecule has 0 aliphatic rings. The fourth-order valence-electron chi connectivity index (χ4n) is 0.798. The standard InChI is InChI=1S/C9H10ClNO2/c1-2-13-11-9(12)7-3-5-8(10)6-4-7/h3-6H,2H2,1H3,(H,11,12). The van der Waals surface area contributed by atoms with Crippen LogP contribution < -0.4 is 5.48 Å². The van der Waals surface area contributed by atoms with E-state index in [1.165, 1.54) is 0 Å². The Kier molecular flexibility index (Phi) is 3.73. The van der Waals surface area contributed by atoms with E-state index in [1.807, 2.05) is 0 Å². The van der Waals surface area contributed by atoms with Gasteiger partial charge in [0.05, 0.1) is 6.61 Å². The monoisotopic (exact) mass is 199 g/mol. The Bertz CT molecular complexity index is 284. The lowest BCUT2D eigenvalue weighted by Gasteiger charge is -2.02. The second kappa shape index (κ2) is 4.84. The quantitative estimate of drug-likeness (QED) is 0.757. The van der Waals surface area contributed by atoms with Crippen LogP contribution in [0, 0.1) is 0 Å². The molecule has 0 saturated carbocycles. The summed E-state index contributed by atoms with van der Waals surface area (Å²) in [4.78, 5) is 16.0. The average Bonchev–Trinajstić information content (AvgIpc) is 2.15. The fourth-order valence-corrected chi connectivity index (χ4v) is 0.924. The minimum Gasteiger partial charge on any atom is -0.274 e. The molecule has 0 atom stereocenters. The molecule has 0 unspecified atom stereocenters. The molecule has 1 aromatic carbocycles. The lowest BCUT2D eigenvalue weighted by Crippen LogP contribution is -2.23. The molecule has 0 aromatic heterocycles. The Labute approximate surface area is 81.6 Å². The van der Waals surface area contributed by atoms with Crippen LogP contribution in [0.15, 0.2) is 24.3 Å².